The molecule has 24 heavy (non-hydrogen) atoms. The van der Waals surface area contributed by atoms with E-state index in [0.717, 1.165) is 17.7 Å². The molecule has 0 aliphatic carbocycles. The zero-order chi connectivity index (χ0) is 16.9. The van der Waals surface area contributed by atoms with Crippen LogP contribution in [0.4, 0.5) is 5.69 Å². The summed E-state index contributed by atoms with van der Waals surface area (Å²) in [5.41, 5.74) is 3.00. The molecule has 1 heterocycles. The molecular weight excluding hydrogens is 300 g/mol. The van der Waals surface area contributed by atoms with E-state index in [0.29, 0.717) is 19.8 Å². The van der Waals surface area contributed by atoms with Crippen molar-refractivity contribution in [1.82, 2.24) is 4.90 Å². The third-order valence-corrected chi connectivity index (χ3v) is 4.41. The summed E-state index contributed by atoms with van der Waals surface area (Å²) in [7, 11) is 3.97. The predicted molar refractivity (Wildman–Crippen MR) is 96.6 cm³/mol. The molecule has 4 heteroatoms. The van der Waals surface area contributed by atoms with Gasteiger partial charge in [0.1, 0.15) is 0 Å². The Morgan fingerprint density at radius 3 is 2.71 bits per heavy atom. The van der Waals surface area contributed by atoms with E-state index in [1.54, 1.807) is 0 Å². The smallest absolute Gasteiger partial charge is 0.254 e. The Morgan fingerprint density at radius 1 is 1.17 bits per heavy atom. The molecule has 0 aromatic heterocycles. The second kappa shape index (κ2) is 7.49. The van der Waals surface area contributed by atoms with E-state index in [4.69, 9.17) is 4.74 Å². The van der Waals surface area contributed by atoms with Crippen LogP contribution in [-0.4, -0.2) is 50.7 Å². The maximum atomic E-state index is 13.0. The molecule has 4 nitrogen and oxygen atoms in total. The van der Waals surface area contributed by atoms with E-state index < -0.39 is 0 Å². The molecule has 0 N–H and O–H groups in total. The zero-order valence-electron chi connectivity index (χ0n) is 14.3. The SMILES string of the molecule is CN(C)c1cccc(C(=O)N2CCOCC2Cc2ccccc2)c1. The van der Waals surface area contributed by atoms with Crippen molar-refractivity contribution in [1.29, 1.82) is 0 Å². The molecule has 0 radical (unpaired) electrons. The number of nitrogens with zero attached hydrogens (tertiary/aromatic N) is 2. The Balaban J connectivity index is 1.79. The van der Waals surface area contributed by atoms with Crippen LogP contribution in [0.5, 0.6) is 0 Å². The lowest BCUT2D eigenvalue weighted by atomic mass is 10.0. The van der Waals surface area contributed by atoms with Gasteiger partial charge in [0.05, 0.1) is 19.3 Å². The predicted octanol–water partition coefficient (Wildman–Crippen LogP) is 2.84. The van der Waals surface area contributed by atoms with Crippen molar-refractivity contribution >= 4 is 11.6 Å². The summed E-state index contributed by atoms with van der Waals surface area (Å²) in [5.74, 6) is 0.0860. The van der Waals surface area contributed by atoms with Gasteiger partial charge in [-0.05, 0) is 30.2 Å². The first-order chi connectivity index (χ1) is 11.6. The minimum absolute atomic E-state index is 0.0802. The van der Waals surface area contributed by atoms with Crippen molar-refractivity contribution in [3.8, 4) is 0 Å². The van der Waals surface area contributed by atoms with Gasteiger partial charge < -0.3 is 14.5 Å². The number of amides is 1. The molecular formula is C20H24N2O2. The van der Waals surface area contributed by atoms with E-state index in [1.807, 2.05) is 66.4 Å². The van der Waals surface area contributed by atoms with Crippen molar-refractivity contribution in [2.24, 2.45) is 0 Å². The van der Waals surface area contributed by atoms with Gasteiger partial charge in [-0.1, -0.05) is 36.4 Å². The molecule has 1 saturated heterocycles. The first-order valence-corrected chi connectivity index (χ1v) is 8.35. The van der Waals surface area contributed by atoms with Crippen LogP contribution in [0.25, 0.3) is 0 Å². The van der Waals surface area contributed by atoms with Gasteiger partial charge in [-0.2, -0.15) is 0 Å². The first kappa shape index (κ1) is 16.5. The average molecular weight is 324 g/mol. The Morgan fingerprint density at radius 2 is 1.96 bits per heavy atom. The minimum atomic E-state index is 0.0802. The molecule has 1 aliphatic rings. The van der Waals surface area contributed by atoms with E-state index in [-0.39, 0.29) is 11.9 Å². The summed E-state index contributed by atoms with van der Waals surface area (Å²) >= 11 is 0. The molecule has 126 valence electrons. The summed E-state index contributed by atoms with van der Waals surface area (Å²) in [5, 5.41) is 0. The number of rotatable bonds is 4. The van der Waals surface area contributed by atoms with Crippen LogP contribution in [-0.2, 0) is 11.2 Å². The summed E-state index contributed by atoms with van der Waals surface area (Å²) in [6.45, 7) is 1.83. The molecule has 0 saturated carbocycles. The lowest BCUT2D eigenvalue weighted by Gasteiger charge is -2.36. The third kappa shape index (κ3) is 3.77. The van der Waals surface area contributed by atoms with Crippen molar-refractivity contribution in [3.05, 3.63) is 65.7 Å². The van der Waals surface area contributed by atoms with Gasteiger partial charge in [0.15, 0.2) is 0 Å². The van der Waals surface area contributed by atoms with E-state index in [9.17, 15) is 4.79 Å². The van der Waals surface area contributed by atoms with Crippen LogP contribution in [0.1, 0.15) is 15.9 Å². The lowest BCUT2D eigenvalue weighted by Crippen LogP contribution is -2.49. The third-order valence-electron chi connectivity index (χ3n) is 4.41. The van der Waals surface area contributed by atoms with Crippen molar-refractivity contribution < 1.29 is 9.53 Å². The van der Waals surface area contributed by atoms with Gasteiger partial charge >= 0.3 is 0 Å². The van der Waals surface area contributed by atoms with Crippen LogP contribution in [0.3, 0.4) is 0 Å². The lowest BCUT2D eigenvalue weighted by molar-refractivity contribution is -0.00163. The monoisotopic (exact) mass is 324 g/mol. The second-order valence-electron chi connectivity index (χ2n) is 6.36. The number of morpholine rings is 1. The normalized spacial score (nSPS) is 17.6. The van der Waals surface area contributed by atoms with Crippen LogP contribution >= 0.6 is 0 Å². The summed E-state index contributed by atoms with van der Waals surface area (Å²) in [6.07, 6.45) is 0.819. The van der Waals surface area contributed by atoms with Crippen molar-refractivity contribution in [2.45, 2.75) is 12.5 Å². The maximum absolute atomic E-state index is 13.0. The van der Waals surface area contributed by atoms with Gasteiger partial charge in [0.2, 0.25) is 0 Å². The molecule has 1 fully saturated rings. The van der Waals surface area contributed by atoms with Crippen LogP contribution in [0.15, 0.2) is 54.6 Å². The highest BCUT2D eigenvalue weighted by atomic mass is 16.5. The number of anilines is 1. The molecule has 2 aromatic carbocycles. The highest BCUT2D eigenvalue weighted by Crippen LogP contribution is 2.19. The zero-order valence-corrected chi connectivity index (χ0v) is 14.3. The van der Waals surface area contributed by atoms with Gasteiger partial charge in [0.25, 0.3) is 5.91 Å². The van der Waals surface area contributed by atoms with Gasteiger partial charge in [0, 0.05) is 31.9 Å². The van der Waals surface area contributed by atoms with E-state index in [1.165, 1.54) is 5.56 Å². The Hall–Kier alpha value is -2.33. The number of carbonyl (C=O) groups excluding carboxylic acids is 1. The molecule has 1 amide bonds. The standard InChI is InChI=1S/C20H24N2O2/c1-21(2)18-10-6-9-17(14-18)20(23)22-11-12-24-15-19(22)13-16-7-4-3-5-8-16/h3-10,14,19H,11-13,15H2,1-2H3. The van der Waals surface area contributed by atoms with Crippen LogP contribution < -0.4 is 4.90 Å². The Labute approximate surface area is 143 Å². The van der Waals surface area contributed by atoms with Gasteiger partial charge in [-0.3, -0.25) is 4.79 Å². The quantitative estimate of drug-likeness (QED) is 0.867. The number of benzene rings is 2. The largest absolute Gasteiger partial charge is 0.378 e. The van der Waals surface area contributed by atoms with E-state index in [2.05, 4.69) is 12.1 Å². The summed E-state index contributed by atoms with van der Waals surface area (Å²) < 4.78 is 5.63. The topological polar surface area (TPSA) is 32.8 Å². The van der Waals surface area contributed by atoms with Gasteiger partial charge in [-0.25, -0.2) is 0 Å². The number of hydrogen-bond acceptors (Lipinski definition) is 3. The van der Waals surface area contributed by atoms with Crippen LogP contribution in [0, 0.1) is 0 Å². The number of carbonyl (C=O) groups is 1. The number of hydrogen-bond donors (Lipinski definition) is 0. The van der Waals surface area contributed by atoms with Crippen molar-refractivity contribution in [3.63, 3.8) is 0 Å². The van der Waals surface area contributed by atoms with Crippen molar-refractivity contribution in [2.75, 3.05) is 38.8 Å². The highest BCUT2D eigenvalue weighted by molar-refractivity contribution is 5.95. The van der Waals surface area contributed by atoms with E-state index >= 15 is 0 Å². The average Bonchev–Trinajstić information content (AvgIpc) is 2.62. The number of ether oxygens (including phenoxy) is 1. The highest BCUT2D eigenvalue weighted by Gasteiger charge is 2.28. The summed E-state index contributed by atoms with van der Waals surface area (Å²) in [4.78, 5) is 17.0. The van der Waals surface area contributed by atoms with Crippen LogP contribution in [0.2, 0.25) is 0 Å². The fourth-order valence-corrected chi connectivity index (χ4v) is 3.06. The maximum Gasteiger partial charge on any atom is 0.254 e. The first-order valence-electron chi connectivity index (χ1n) is 8.35. The van der Waals surface area contributed by atoms with Gasteiger partial charge in [-0.15, -0.1) is 0 Å². The molecule has 0 bridgehead atoms. The fraction of sp³-hybridized carbons (Fsp3) is 0.350. The minimum Gasteiger partial charge on any atom is -0.378 e. The Bertz CT molecular complexity index is 685. The Kier molecular flexibility index (Phi) is 5.16. The molecule has 1 unspecified atom stereocenters. The molecule has 2 aromatic rings. The summed E-state index contributed by atoms with van der Waals surface area (Å²) in [6, 6.07) is 18.2. The molecule has 3 rings (SSSR count). The second-order valence-corrected chi connectivity index (χ2v) is 6.36. The molecule has 0 spiro atoms. The molecule has 1 atom stereocenters. The fourth-order valence-electron chi connectivity index (χ4n) is 3.06. The molecule has 1 aliphatic heterocycles.